The molecular weight excluding hydrogens is 434 g/mol. The number of anilines is 1. The fourth-order valence-corrected chi connectivity index (χ4v) is 3.63. The molecule has 0 spiro atoms. The third kappa shape index (κ3) is 5.38. The Morgan fingerprint density at radius 3 is 2.21 bits per heavy atom. The van der Waals surface area contributed by atoms with Crippen molar-refractivity contribution in [2.24, 2.45) is 5.92 Å². The van der Waals surface area contributed by atoms with Gasteiger partial charge in [0.1, 0.15) is 5.75 Å². The van der Waals surface area contributed by atoms with Crippen LogP contribution in [0.5, 0.6) is 5.75 Å². The van der Waals surface area contributed by atoms with Crippen molar-refractivity contribution in [1.29, 1.82) is 0 Å². The van der Waals surface area contributed by atoms with Gasteiger partial charge in [-0.1, -0.05) is 35.9 Å². The van der Waals surface area contributed by atoms with E-state index in [2.05, 4.69) is 0 Å². The zero-order valence-electron chi connectivity index (χ0n) is 18.6. The van der Waals surface area contributed by atoms with Gasteiger partial charge in [-0.05, 0) is 55.5 Å². The molecule has 0 bridgehead atoms. The molecule has 7 nitrogen and oxygen atoms in total. The van der Waals surface area contributed by atoms with Gasteiger partial charge in [0.05, 0.1) is 11.5 Å². The number of hydrogen-bond donors (Lipinski definition) is 0. The first-order chi connectivity index (χ1) is 16.4. The molecule has 34 heavy (non-hydrogen) atoms. The number of esters is 2. The van der Waals surface area contributed by atoms with Gasteiger partial charge in [-0.3, -0.25) is 14.4 Å². The van der Waals surface area contributed by atoms with E-state index in [-0.39, 0.29) is 18.9 Å². The molecule has 0 aromatic heterocycles. The average molecular weight is 457 g/mol. The van der Waals surface area contributed by atoms with E-state index in [9.17, 15) is 19.2 Å². The predicted octanol–water partition coefficient (Wildman–Crippen LogP) is 3.99. The highest BCUT2D eigenvalue weighted by molar-refractivity contribution is 6.01. The highest BCUT2D eigenvalue weighted by Crippen LogP contribution is 2.25. The van der Waals surface area contributed by atoms with E-state index in [1.54, 1.807) is 29.2 Å². The van der Waals surface area contributed by atoms with E-state index in [0.717, 1.165) is 11.3 Å². The van der Waals surface area contributed by atoms with E-state index < -0.39 is 30.2 Å². The van der Waals surface area contributed by atoms with Gasteiger partial charge in [0.25, 0.3) is 0 Å². The van der Waals surface area contributed by atoms with Gasteiger partial charge in [-0.2, -0.15) is 0 Å². The second kappa shape index (κ2) is 10.1. The third-order valence-corrected chi connectivity index (χ3v) is 5.55. The summed E-state index contributed by atoms with van der Waals surface area (Å²) in [4.78, 5) is 50.9. The van der Waals surface area contributed by atoms with Crippen LogP contribution < -0.4 is 9.64 Å². The zero-order valence-corrected chi connectivity index (χ0v) is 18.6. The lowest BCUT2D eigenvalue weighted by Gasteiger charge is -2.16. The highest BCUT2D eigenvalue weighted by Gasteiger charge is 2.36. The molecule has 0 saturated carbocycles. The highest BCUT2D eigenvalue weighted by atomic mass is 16.5. The van der Waals surface area contributed by atoms with Crippen LogP contribution >= 0.6 is 0 Å². The van der Waals surface area contributed by atoms with Crippen molar-refractivity contribution in [2.45, 2.75) is 13.3 Å². The number of benzene rings is 3. The molecule has 0 radical (unpaired) electrons. The van der Waals surface area contributed by atoms with Gasteiger partial charge in [0.2, 0.25) is 5.91 Å². The summed E-state index contributed by atoms with van der Waals surface area (Å²) >= 11 is 0. The Hall–Kier alpha value is -4.26. The summed E-state index contributed by atoms with van der Waals surface area (Å²) in [7, 11) is 0. The van der Waals surface area contributed by atoms with Crippen molar-refractivity contribution in [3.63, 3.8) is 0 Å². The number of amides is 1. The fraction of sp³-hybridized carbons (Fsp3) is 0.185. The molecule has 1 aliphatic heterocycles. The Labute approximate surface area is 196 Å². The van der Waals surface area contributed by atoms with Crippen LogP contribution in [0.4, 0.5) is 5.69 Å². The average Bonchev–Trinajstić information content (AvgIpc) is 3.25. The van der Waals surface area contributed by atoms with Crippen LogP contribution in [-0.2, 0) is 14.3 Å². The second-order valence-corrected chi connectivity index (χ2v) is 8.05. The lowest BCUT2D eigenvalue weighted by molar-refractivity contribution is -0.147. The summed E-state index contributed by atoms with van der Waals surface area (Å²) in [6.07, 6.45) is 0.0446. The van der Waals surface area contributed by atoms with E-state index >= 15 is 0 Å². The van der Waals surface area contributed by atoms with Gasteiger partial charge in [-0.25, -0.2) is 4.79 Å². The molecule has 1 saturated heterocycles. The first-order valence-corrected chi connectivity index (χ1v) is 10.8. The molecular formula is C27H23NO6. The summed E-state index contributed by atoms with van der Waals surface area (Å²) in [5, 5.41) is 0. The van der Waals surface area contributed by atoms with Crippen LogP contribution in [0.3, 0.4) is 0 Å². The summed E-state index contributed by atoms with van der Waals surface area (Å²) in [5.74, 6) is -1.95. The maximum Gasteiger partial charge on any atom is 0.343 e. The first-order valence-electron chi connectivity index (χ1n) is 10.8. The normalized spacial score (nSPS) is 15.1. The Morgan fingerprint density at radius 1 is 0.882 bits per heavy atom. The number of ketones is 1. The van der Waals surface area contributed by atoms with Crippen LogP contribution in [0.2, 0.25) is 0 Å². The number of carbonyl (C=O) groups is 4. The molecule has 3 aromatic carbocycles. The van der Waals surface area contributed by atoms with Crippen LogP contribution in [-0.4, -0.2) is 36.8 Å². The largest absolute Gasteiger partial charge is 0.457 e. The van der Waals surface area contributed by atoms with Gasteiger partial charge >= 0.3 is 11.9 Å². The summed E-state index contributed by atoms with van der Waals surface area (Å²) in [6.45, 7) is 1.71. The molecule has 1 heterocycles. The van der Waals surface area contributed by atoms with Crippen LogP contribution in [0, 0.1) is 12.8 Å². The zero-order chi connectivity index (χ0) is 24.1. The number of para-hydroxylation sites is 1. The molecule has 3 aromatic rings. The lowest BCUT2D eigenvalue weighted by atomic mass is 10.1. The fourth-order valence-electron chi connectivity index (χ4n) is 3.63. The van der Waals surface area contributed by atoms with Crippen molar-refractivity contribution in [3.8, 4) is 5.75 Å². The number of hydrogen-bond acceptors (Lipinski definition) is 6. The SMILES string of the molecule is Cc1ccc(C(=O)Oc2ccc(C(=O)COC(=O)[C@@H]3CC(=O)N(c4ccccc4)C3)cc2)cc1. The molecule has 1 amide bonds. The van der Waals surface area contributed by atoms with E-state index in [0.29, 0.717) is 16.9 Å². The standard InChI is InChI=1S/C27H23NO6/c1-18-7-9-20(10-8-18)27(32)34-23-13-11-19(12-14-23)24(29)17-33-26(31)21-15-25(30)28(16-21)22-5-3-2-4-6-22/h2-14,21H,15-17H2,1H3/t21-/m1/s1. The maximum absolute atomic E-state index is 12.4. The third-order valence-electron chi connectivity index (χ3n) is 5.55. The molecule has 0 N–H and O–H groups in total. The minimum absolute atomic E-state index is 0.0446. The van der Waals surface area contributed by atoms with Gasteiger partial charge in [0.15, 0.2) is 12.4 Å². The Morgan fingerprint density at radius 2 is 1.53 bits per heavy atom. The monoisotopic (exact) mass is 457 g/mol. The first kappa shape index (κ1) is 22.9. The van der Waals surface area contributed by atoms with Crippen molar-refractivity contribution in [2.75, 3.05) is 18.1 Å². The van der Waals surface area contributed by atoms with E-state index in [1.165, 1.54) is 24.3 Å². The maximum atomic E-state index is 12.4. The number of rotatable bonds is 7. The summed E-state index contributed by atoms with van der Waals surface area (Å²) < 4.78 is 10.5. The molecule has 1 aliphatic rings. The van der Waals surface area contributed by atoms with Gasteiger partial charge in [-0.15, -0.1) is 0 Å². The van der Waals surface area contributed by atoms with Crippen LogP contribution in [0.15, 0.2) is 78.9 Å². The number of carbonyl (C=O) groups excluding carboxylic acids is 4. The van der Waals surface area contributed by atoms with Crippen LogP contribution in [0.1, 0.15) is 32.7 Å². The molecule has 172 valence electrons. The number of nitrogens with zero attached hydrogens (tertiary/aromatic N) is 1. The smallest absolute Gasteiger partial charge is 0.343 e. The number of aryl methyl sites for hydroxylation is 1. The van der Waals surface area contributed by atoms with Crippen molar-refractivity contribution in [3.05, 3.63) is 95.6 Å². The Balaban J connectivity index is 1.28. The number of Topliss-reactive ketones (excluding diaryl/α,β-unsaturated/α-hetero) is 1. The van der Waals surface area contributed by atoms with Crippen molar-refractivity contribution in [1.82, 2.24) is 0 Å². The van der Waals surface area contributed by atoms with Gasteiger partial charge in [0, 0.05) is 24.2 Å². The Bertz CT molecular complexity index is 1200. The topological polar surface area (TPSA) is 90.0 Å². The van der Waals surface area contributed by atoms with Gasteiger partial charge < -0.3 is 14.4 Å². The lowest BCUT2D eigenvalue weighted by Crippen LogP contribution is -2.27. The molecule has 0 aliphatic carbocycles. The van der Waals surface area contributed by atoms with Crippen LogP contribution in [0.25, 0.3) is 0 Å². The Kier molecular flexibility index (Phi) is 6.82. The van der Waals surface area contributed by atoms with E-state index in [1.807, 2.05) is 37.3 Å². The molecule has 0 unspecified atom stereocenters. The molecule has 7 heteroatoms. The molecule has 1 fully saturated rings. The molecule has 4 rings (SSSR count). The number of ether oxygens (including phenoxy) is 2. The minimum Gasteiger partial charge on any atom is -0.457 e. The minimum atomic E-state index is -0.621. The summed E-state index contributed by atoms with van der Waals surface area (Å²) in [5.41, 5.74) is 2.50. The van der Waals surface area contributed by atoms with E-state index in [4.69, 9.17) is 9.47 Å². The van der Waals surface area contributed by atoms with Crippen molar-refractivity contribution >= 4 is 29.3 Å². The predicted molar refractivity (Wildman–Crippen MR) is 125 cm³/mol. The quantitative estimate of drug-likeness (QED) is 0.303. The second-order valence-electron chi connectivity index (χ2n) is 8.05. The molecule has 1 atom stereocenters. The summed E-state index contributed by atoms with van der Waals surface area (Å²) in [6, 6.07) is 22.1. The van der Waals surface area contributed by atoms with Crippen molar-refractivity contribution < 1.29 is 28.7 Å².